The number of hydrogen-bond donors (Lipinski definition) is 1. The molecule has 0 aliphatic carbocycles. The number of nitrogens with one attached hydrogen (secondary N) is 1. The first-order valence-corrected chi connectivity index (χ1v) is 5.96. The summed E-state index contributed by atoms with van der Waals surface area (Å²) >= 11 is 8.48. The molecule has 0 aliphatic heterocycles. The molecule has 5 nitrogen and oxygen atoms in total. The molecule has 17 heavy (non-hydrogen) atoms. The summed E-state index contributed by atoms with van der Waals surface area (Å²) in [4.78, 5) is 7.33. The van der Waals surface area contributed by atoms with E-state index in [1.54, 1.807) is 19.2 Å². The van der Waals surface area contributed by atoms with Crippen LogP contribution in [0.25, 0.3) is 11.5 Å². The van der Waals surface area contributed by atoms with Gasteiger partial charge in [0.25, 0.3) is 0 Å². The van der Waals surface area contributed by atoms with Crippen LogP contribution in [-0.4, -0.2) is 27.3 Å². The molecule has 0 bridgehead atoms. The number of rotatable bonds is 2. The van der Waals surface area contributed by atoms with Gasteiger partial charge in [0, 0.05) is 11.8 Å². The monoisotopic (exact) mass is 312 g/mol. The van der Waals surface area contributed by atoms with Crippen LogP contribution < -0.4 is 4.74 Å². The van der Waals surface area contributed by atoms with E-state index in [0.717, 1.165) is 10.2 Å². The lowest BCUT2D eigenvalue weighted by atomic mass is 10.3. The minimum atomic E-state index is 0.459. The molecule has 0 fully saturated rings. The molecule has 1 N–H and O–H groups in total. The van der Waals surface area contributed by atoms with E-state index >= 15 is 0 Å². The van der Waals surface area contributed by atoms with Gasteiger partial charge in [0.15, 0.2) is 5.82 Å². The Morgan fingerprint density at radius 3 is 2.65 bits per heavy atom. The highest BCUT2D eigenvalue weighted by Crippen LogP contribution is 2.19. The third-order valence-corrected chi connectivity index (χ3v) is 3.66. The van der Waals surface area contributed by atoms with E-state index in [-0.39, 0.29) is 0 Å². The molecule has 0 saturated heterocycles. The molecule has 2 aromatic rings. The van der Waals surface area contributed by atoms with E-state index in [2.05, 4.69) is 36.1 Å². The van der Waals surface area contributed by atoms with E-state index in [0.29, 0.717) is 22.0 Å². The molecule has 0 radical (unpaired) electrons. The second kappa shape index (κ2) is 4.89. The van der Waals surface area contributed by atoms with Gasteiger partial charge in [-0.2, -0.15) is 0 Å². The first-order valence-electron chi connectivity index (χ1n) is 4.76. The van der Waals surface area contributed by atoms with Crippen LogP contribution >= 0.6 is 28.1 Å². The maximum Gasteiger partial charge on any atom is 0.233 e. The number of nitrogens with zero attached hydrogens (tertiary/aromatic N) is 3. The van der Waals surface area contributed by atoms with Crippen molar-refractivity contribution in [2.75, 3.05) is 7.11 Å². The largest absolute Gasteiger partial charge is 0.480 e. The molecule has 0 saturated carbocycles. The predicted octanol–water partition coefficient (Wildman–Crippen LogP) is 2.68. The van der Waals surface area contributed by atoms with Crippen molar-refractivity contribution in [2.24, 2.45) is 0 Å². The van der Waals surface area contributed by atoms with Crippen LogP contribution in [0, 0.1) is 11.6 Å². The maximum absolute atomic E-state index is 5.13. The molecule has 0 unspecified atom stereocenters. The SMILES string of the molecule is COc1ccc(-c2nc(=S)c(Br)c(C)[nH]2)nn1. The van der Waals surface area contributed by atoms with Crippen molar-refractivity contribution < 1.29 is 4.74 Å². The van der Waals surface area contributed by atoms with E-state index in [1.165, 1.54) is 0 Å². The number of halogens is 1. The second-order valence-corrected chi connectivity index (χ2v) is 4.47. The summed E-state index contributed by atoms with van der Waals surface area (Å²) in [5, 5.41) is 7.88. The first kappa shape index (κ1) is 12.1. The lowest BCUT2D eigenvalue weighted by molar-refractivity contribution is 0.392. The number of aromatic amines is 1. The summed E-state index contributed by atoms with van der Waals surface area (Å²) in [6.45, 7) is 1.90. The molecular formula is C10H9BrN4OS. The lowest BCUT2D eigenvalue weighted by Crippen LogP contribution is -1.98. The van der Waals surface area contributed by atoms with Crippen molar-refractivity contribution in [3.05, 3.63) is 26.9 Å². The molecule has 2 heterocycles. The van der Waals surface area contributed by atoms with Crippen molar-refractivity contribution in [3.8, 4) is 17.4 Å². The van der Waals surface area contributed by atoms with Crippen molar-refractivity contribution in [1.82, 2.24) is 20.2 Å². The van der Waals surface area contributed by atoms with Gasteiger partial charge in [0.1, 0.15) is 10.3 Å². The van der Waals surface area contributed by atoms with Gasteiger partial charge in [-0.1, -0.05) is 12.2 Å². The molecule has 88 valence electrons. The highest BCUT2D eigenvalue weighted by Gasteiger charge is 2.07. The van der Waals surface area contributed by atoms with Crippen LogP contribution in [0.2, 0.25) is 0 Å². The Balaban J connectivity index is 2.49. The zero-order chi connectivity index (χ0) is 12.4. The maximum atomic E-state index is 5.13. The molecule has 0 aromatic carbocycles. The number of H-pyrrole nitrogens is 1. The number of aromatic nitrogens is 4. The van der Waals surface area contributed by atoms with Crippen molar-refractivity contribution in [1.29, 1.82) is 0 Å². The van der Waals surface area contributed by atoms with Crippen LogP contribution in [0.3, 0.4) is 0 Å². The van der Waals surface area contributed by atoms with E-state index in [4.69, 9.17) is 17.0 Å². The minimum Gasteiger partial charge on any atom is -0.480 e. The van der Waals surface area contributed by atoms with Crippen LogP contribution in [-0.2, 0) is 0 Å². The molecule has 0 amide bonds. The Morgan fingerprint density at radius 2 is 2.12 bits per heavy atom. The Hall–Kier alpha value is -1.34. The van der Waals surface area contributed by atoms with Gasteiger partial charge in [0.05, 0.1) is 11.6 Å². The number of aryl methyl sites for hydroxylation is 1. The number of methoxy groups -OCH3 is 1. The smallest absolute Gasteiger partial charge is 0.233 e. The fourth-order valence-electron chi connectivity index (χ4n) is 1.25. The standard InChI is InChI=1S/C10H9BrN4OS/c1-5-8(11)10(17)13-9(12-5)6-3-4-7(16-2)15-14-6/h3-4H,1-2H3,(H,12,13,17). The summed E-state index contributed by atoms with van der Waals surface area (Å²) < 4.78 is 6.22. The Bertz CT molecular complexity index is 596. The van der Waals surface area contributed by atoms with Gasteiger partial charge in [-0.3, -0.25) is 0 Å². The quantitative estimate of drug-likeness (QED) is 0.864. The Labute approximate surface area is 111 Å². The fourth-order valence-corrected chi connectivity index (χ4v) is 1.68. The minimum absolute atomic E-state index is 0.459. The zero-order valence-electron chi connectivity index (χ0n) is 9.19. The van der Waals surface area contributed by atoms with Gasteiger partial charge in [-0.15, -0.1) is 10.2 Å². The summed E-state index contributed by atoms with van der Waals surface area (Å²) in [6, 6.07) is 3.49. The fraction of sp³-hybridized carbons (Fsp3) is 0.200. The summed E-state index contributed by atoms with van der Waals surface area (Å²) in [5.74, 6) is 1.05. The first-order chi connectivity index (χ1) is 8.11. The van der Waals surface area contributed by atoms with Crippen LogP contribution in [0.15, 0.2) is 16.6 Å². The highest BCUT2D eigenvalue weighted by atomic mass is 79.9. The lowest BCUT2D eigenvalue weighted by Gasteiger charge is -2.04. The van der Waals surface area contributed by atoms with Crippen LogP contribution in [0.1, 0.15) is 5.69 Å². The van der Waals surface area contributed by atoms with Crippen LogP contribution in [0.4, 0.5) is 0 Å². The number of hydrogen-bond acceptors (Lipinski definition) is 5. The van der Waals surface area contributed by atoms with Crippen LogP contribution in [0.5, 0.6) is 5.88 Å². The second-order valence-electron chi connectivity index (χ2n) is 3.29. The molecule has 0 atom stereocenters. The molecule has 2 aromatic heterocycles. The third kappa shape index (κ3) is 2.50. The van der Waals surface area contributed by atoms with Crippen molar-refractivity contribution in [2.45, 2.75) is 6.92 Å². The predicted molar refractivity (Wildman–Crippen MR) is 69.4 cm³/mol. The summed E-state index contributed by atoms with van der Waals surface area (Å²) in [6.07, 6.45) is 0. The average molecular weight is 313 g/mol. The van der Waals surface area contributed by atoms with E-state index < -0.39 is 0 Å². The number of ether oxygens (including phenoxy) is 1. The summed E-state index contributed by atoms with van der Waals surface area (Å²) in [5.41, 5.74) is 1.52. The van der Waals surface area contributed by atoms with Gasteiger partial charge in [-0.25, -0.2) is 4.98 Å². The molecule has 0 aliphatic rings. The molecular weight excluding hydrogens is 304 g/mol. The van der Waals surface area contributed by atoms with E-state index in [9.17, 15) is 0 Å². The third-order valence-electron chi connectivity index (χ3n) is 2.13. The average Bonchev–Trinajstić information content (AvgIpc) is 2.35. The Morgan fingerprint density at radius 1 is 1.35 bits per heavy atom. The van der Waals surface area contributed by atoms with Gasteiger partial charge in [-0.05, 0) is 28.9 Å². The molecule has 0 spiro atoms. The van der Waals surface area contributed by atoms with Crippen molar-refractivity contribution >= 4 is 28.1 Å². The topological polar surface area (TPSA) is 63.7 Å². The molecule has 7 heteroatoms. The van der Waals surface area contributed by atoms with Gasteiger partial charge >= 0.3 is 0 Å². The highest BCUT2D eigenvalue weighted by molar-refractivity contribution is 9.10. The molecule has 2 rings (SSSR count). The van der Waals surface area contributed by atoms with Gasteiger partial charge < -0.3 is 9.72 Å². The normalized spacial score (nSPS) is 10.3. The van der Waals surface area contributed by atoms with E-state index in [1.807, 2.05) is 6.92 Å². The van der Waals surface area contributed by atoms with Gasteiger partial charge in [0.2, 0.25) is 5.88 Å². The Kier molecular flexibility index (Phi) is 3.49. The summed E-state index contributed by atoms with van der Waals surface area (Å²) in [7, 11) is 1.54. The van der Waals surface area contributed by atoms with Crippen molar-refractivity contribution in [3.63, 3.8) is 0 Å². The zero-order valence-corrected chi connectivity index (χ0v) is 11.6.